The predicted molar refractivity (Wildman–Crippen MR) is 127 cm³/mol. The number of rotatable bonds is 8. The number of hydrogen-bond acceptors (Lipinski definition) is 7. The van der Waals surface area contributed by atoms with Crippen LogP contribution in [0.2, 0.25) is 0 Å². The molecule has 0 saturated heterocycles. The zero-order valence-electron chi connectivity index (χ0n) is 18.5. The molecule has 1 N–H and O–H groups in total. The summed E-state index contributed by atoms with van der Waals surface area (Å²) >= 11 is 0. The Balaban J connectivity index is 1.41. The number of nitrogens with zero attached hydrogens (tertiary/aromatic N) is 4. The lowest BCUT2D eigenvalue weighted by molar-refractivity contribution is -0.395. The number of carbonyl (C=O) groups is 1. The molecule has 0 aliphatic rings. The number of nitro groups is 2. The topological polar surface area (TPSA) is 142 Å². The van der Waals surface area contributed by atoms with Crippen molar-refractivity contribution in [2.45, 2.75) is 13.7 Å². The third kappa shape index (κ3) is 5.30. The van der Waals surface area contributed by atoms with E-state index in [1.807, 2.05) is 54.6 Å². The molecule has 4 aromatic rings. The molecule has 0 bridgehead atoms. The molecule has 0 atom stereocenters. The second-order valence-corrected chi connectivity index (χ2v) is 7.51. The van der Waals surface area contributed by atoms with Crippen LogP contribution in [0.3, 0.4) is 0 Å². The number of carbonyl (C=O) groups excluding carboxylic acids is 1. The lowest BCUT2D eigenvalue weighted by atomic mass is 10.1. The largest absolute Gasteiger partial charge is 0.471 e. The van der Waals surface area contributed by atoms with Crippen LogP contribution in [0.1, 0.15) is 16.1 Å². The highest BCUT2D eigenvalue weighted by molar-refractivity contribution is 6.03. The summed E-state index contributed by atoms with van der Waals surface area (Å²) in [5.74, 6) is -0.0612. The molecule has 0 aliphatic heterocycles. The smallest absolute Gasteiger partial charge is 0.281 e. The highest BCUT2D eigenvalue weighted by atomic mass is 16.6. The van der Waals surface area contributed by atoms with Crippen molar-refractivity contribution in [2.24, 2.45) is 0 Å². The van der Waals surface area contributed by atoms with Crippen molar-refractivity contribution in [3.05, 3.63) is 110 Å². The molecule has 35 heavy (non-hydrogen) atoms. The zero-order valence-corrected chi connectivity index (χ0v) is 18.5. The third-order valence-electron chi connectivity index (χ3n) is 5.20. The fourth-order valence-electron chi connectivity index (χ4n) is 3.40. The SMILES string of the molecule is Cc1c([N+](=O)[O-])cc(NC(=O)c2ccn(COc3ccc(-c4ccccc4)cc3)n2)cc1[N+](=O)[O-]. The van der Waals surface area contributed by atoms with Gasteiger partial charge < -0.3 is 10.1 Å². The van der Waals surface area contributed by atoms with Gasteiger partial charge in [-0.25, -0.2) is 4.68 Å². The average molecular weight is 473 g/mol. The summed E-state index contributed by atoms with van der Waals surface area (Å²) in [5, 5.41) is 29.0. The molecule has 0 saturated carbocycles. The number of nitro benzene ring substituents is 2. The highest BCUT2D eigenvalue weighted by Crippen LogP contribution is 2.32. The molecular formula is C24H19N5O6. The van der Waals surface area contributed by atoms with Crippen LogP contribution in [0.15, 0.2) is 79.0 Å². The average Bonchev–Trinajstić information content (AvgIpc) is 3.33. The fraction of sp³-hybridized carbons (Fsp3) is 0.0833. The number of hydrogen-bond donors (Lipinski definition) is 1. The molecule has 3 aromatic carbocycles. The molecule has 1 amide bonds. The Morgan fingerprint density at radius 1 is 0.943 bits per heavy atom. The third-order valence-corrected chi connectivity index (χ3v) is 5.20. The second-order valence-electron chi connectivity index (χ2n) is 7.51. The van der Waals surface area contributed by atoms with Gasteiger partial charge in [0, 0.05) is 18.3 Å². The summed E-state index contributed by atoms with van der Waals surface area (Å²) in [6.45, 7) is 1.32. The Morgan fingerprint density at radius 3 is 2.14 bits per heavy atom. The summed E-state index contributed by atoms with van der Waals surface area (Å²) in [4.78, 5) is 33.5. The van der Waals surface area contributed by atoms with Crippen LogP contribution in [0.25, 0.3) is 11.1 Å². The summed E-state index contributed by atoms with van der Waals surface area (Å²) in [6, 6.07) is 21.0. The number of nitrogens with one attached hydrogen (secondary N) is 1. The molecule has 0 aliphatic carbocycles. The van der Waals surface area contributed by atoms with Gasteiger partial charge in [-0.1, -0.05) is 42.5 Å². The zero-order chi connectivity index (χ0) is 24.9. The van der Waals surface area contributed by atoms with Crippen LogP contribution < -0.4 is 10.1 Å². The Morgan fingerprint density at radius 2 is 1.54 bits per heavy atom. The number of amides is 1. The molecule has 11 heteroatoms. The van der Waals surface area contributed by atoms with E-state index in [-0.39, 0.29) is 23.7 Å². The molecular weight excluding hydrogens is 454 g/mol. The maximum absolute atomic E-state index is 12.6. The molecule has 0 fully saturated rings. The number of aromatic nitrogens is 2. The van der Waals surface area contributed by atoms with Crippen molar-refractivity contribution in [1.82, 2.24) is 9.78 Å². The minimum absolute atomic E-state index is 0.0129. The Labute approximate surface area is 198 Å². The molecule has 0 unspecified atom stereocenters. The molecule has 1 heterocycles. The number of ether oxygens (including phenoxy) is 1. The van der Waals surface area contributed by atoms with Crippen molar-refractivity contribution in [3.8, 4) is 16.9 Å². The van der Waals surface area contributed by atoms with E-state index < -0.39 is 27.1 Å². The van der Waals surface area contributed by atoms with Gasteiger partial charge in [-0.2, -0.15) is 5.10 Å². The summed E-state index contributed by atoms with van der Waals surface area (Å²) in [5.41, 5.74) is 1.04. The standard InChI is InChI=1S/C24H19N5O6/c1-16-22(28(31)32)13-19(14-23(16)29(33)34)25-24(30)21-11-12-27(26-21)15-35-20-9-7-18(8-10-20)17-5-3-2-4-6-17/h2-14H,15H2,1H3,(H,25,30). The van der Waals surface area contributed by atoms with Crippen LogP contribution in [-0.2, 0) is 6.73 Å². The van der Waals surface area contributed by atoms with Gasteiger partial charge in [0.25, 0.3) is 17.3 Å². The van der Waals surface area contributed by atoms with Crippen molar-refractivity contribution in [1.29, 1.82) is 0 Å². The quantitative estimate of drug-likeness (QED) is 0.281. The van der Waals surface area contributed by atoms with Crippen LogP contribution in [0.5, 0.6) is 5.75 Å². The lowest BCUT2D eigenvalue weighted by Crippen LogP contribution is -2.15. The van der Waals surface area contributed by atoms with Crippen LogP contribution in [0.4, 0.5) is 17.1 Å². The van der Waals surface area contributed by atoms with Crippen molar-refractivity contribution in [3.63, 3.8) is 0 Å². The van der Waals surface area contributed by atoms with Crippen LogP contribution in [-0.4, -0.2) is 25.5 Å². The van der Waals surface area contributed by atoms with Crippen LogP contribution in [0, 0.1) is 27.2 Å². The van der Waals surface area contributed by atoms with Gasteiger partial charge in [-0.15, -0.1) is 0 Å². The summed E-state index contributed by atoms with van der Waals surface area (Å²) in [7, 11) is 0. The van der Waals surface area contributed by atoms with Gasteiger partial charge in [0.1, 0.15) is 11.3 Å². The van der Waals surface area contributed by atoms with Crippen molar-refractivity contribution >= 4 is 23.0 Å². The van der Waals surface area contributed by atoms with Gasteiger partial charge in [0.2, 0.25) is 0 Å². The molecule has 176 valence electrons. The maximum Gasteiger partial charge on any atom is 0.281 e. The summed E-state index contributed by atoms with van der Waals surface area (Å²) in [6.07, 6.45) is 1.54. The van der Waals surface area contributed by atoms with Crippen LogP contribution >= 0.6 is 0 Å². The van der Waals surface area contributed by atoms with Gasteiger partial charge in [-0.05, 0) is 36.2 Å². The molecule has 4 rings (SSSR count). The second kappa shape index (κ2) is 9.83. The Kier molecular flexibility index (Phi) is 6.49. The highest BCUT2D eigenvalue weighted by Gasteiger charge is 2.24. The fourth-order valence-corrected chi connectivity index (χ4v) is 3.40. The number of benzene rings is 3. The maximum atomic E-state index is 12.6. The lowest BCUT2D eigenvalue weighted by Gasteiger charge is -2.08. The van der Waals surface area contributed by atoms with E-state index >= 15 is 0 Å². The van der Waals surface area contributed by atoms with E-state index in [0.717, 1.165) is 23.3 Å². The van der Waals surface area contributed by atoms with Gasteiger partial charge >= 0.3 is 0 Å². The van der Waals surface area contributed by atoms with Gasteiger partial charge in [-0.3, -0.25) is 25.0 Å². The first kappa shape index (κ1) is 23.1. The van der Waals surface area contributed by atoms with E-state index in [1.54, 1.807) is 0 Å². The van der Waals surface area contributed by atoms with E-state index in [4.69, 9.17) is 4.74 Å². The molecule has 0 radical (unpaired) electrons. The first-order chi connectivity index (χ1) is 16.8. The van der Waals surface area contributed by atoms with E-state index in [0.29, 0.717) is 5.75 Å². The van der Waals surface area contributed by atoms with E-state index in [1.165, 1.54) is 23.9 Å². The molecule has 0 spiro atoms. The normalized spacial score (nSPS) is 10.5. The minimum Gasteiger partial charge on any atom is -0.471 e. The first-order valence-electron chi connectivity index (χ1n) is 10.4. The Bertz CT molecular complexity index is 1360. The first-order valence-corrected chi connectivity index (χ1v) is 10.4. The summed E-state index contributed by atoms with van der Waals surface area (Å²) < 4.78 is 7.11. The molecule has 1 aromatic heterocycles. The van der Waals surface area contributed by atoms with Crippen molar-refractivity contribution < 1.29 is 19.4 Å². The Hall–Kier alpha value is -5.06. The minimum atomic E-state index is -0.740. The monoisotopic (exact) mass is 473 g/mol. The van der Waals surface area contributed by atoms with Crippen molar-refractivity contribution in [2.75, 3.05) is 5.32 Å². The molecule has 11 nitrogen and oxygen atoms in total. The van der Waals surface area contributed by atoms with E-state index in [2.05, 4.69) is 10.4 Å². The van der Waals surface area contributed by atoms with Gasteiger partial charge in [0.15, 0.2) is 12.4 Å². The van der Waals surface area contributed by atoms with Gasteiger partial charge in [0.05, 0.1) is 15.5 Å². The number of anilines is 1. The van der Waals surface area contributed by atoms with E-state index in [9.17, 15) is 25.0 Å². The predicted octanol–water partition coefficient (Wildman–Crippen LogP) is 4.96.